The molecular weight excluding hydrogens is 437 g/mol. The smallest absolute Gasteiger partial charge is 0.273 e. The van der Waals surface area contributed by atoms with Crippen LogP contribution in [0.5, 0.6) is 0 Å². The van der Waals surface area contributed by atoms with E-state index in [1.165, 1.54) is 11.1 Å². The molecule has 0 saturated heterocycles. The number of rotatable bonds is 4. The second-order valence-corrected chi connectivity index (χ2v) is 7.97. The van der Waals surface area contributed by atoms with E-state index in [1.807, 2.05) is 32.0 Å². The lowest BCUT2D eigenvalue weighted by Gasteiger charge is -2.26. The Balaban J connectivity index is 0.00000171. The number of hydrogen-bond acceptors (Lipinski definition) is 4. The molecule has 1 aromatic carbocycles. The number of aryl methyl sites for hydroxylation is 4. The minimum Gasteiger partial charge on any atom is -0.399 e. The van der Waals surface area contributed by atoms with Crippen LogP contribution in [0.2, 0.25) is 0 Å². The molecule has 2 aromatic heterocycles. The van der Waals surface area contributed by atoms with E-state index in [1.54, 1.807) is 11.7 Å². The van der Waals surface area contributed by atoms with E-state index in [4.69, 9.17) is 5.73 Å². The van der Waals surface area contributed by atoms with Gasteiger partial charge in [-0.25, -0.2) is 4.98 Å². The van der Waals surface area contributed by atoms with Crippen molar-refractivity contribution in [3.63, 3.8) is 0 Å². The summed E-state index contributed by atoms with van der Waals surface area (Å²) in [6.07, 6.45) is 3.90. The maximum Gasteiger partial charge on any atom is 0.273 e. The van der Waals surface area contributed by atoms with Gasteiger partial charge in [0.2, 0.25) is 5.91 Å². The van der Waals surface area contributed by atoms with Crippen LogP contribution in [-0.2, 0) is 24.7 Å². The van der Waals surface area contributed by atoms with Crippen molar-refractivity contribution in [2.24, 2.45) is 7.05 Å². The highest BCUT2D eigenvalue weighted by Crippen LogP contribution is 2.31. The number of anilines is 1. The van der Waals surface area contributed by atoms with E-state index in [0.29, 0.717) is 23.9 Å². The molecule has 7 nitrogen and oxygen atoms in total. The fourth-order valence-corrected chi connectivity index (χ4v) is 4.51. The molecule has 1 aliphatic rings. The highest BCUT2D eigenvalue weighted by molar-refractivity contribution is 5.85. The number of pyridine rings is 1. The topological polar surface area (TPSA) is 106 Å². The van der Waals surface area contributed by atoms with E-state index in [0.717, 1.165) is 41.8 Å². The van der Waals surface area contributed by atoms with Gasteiger partial charge in [0, 0.05) is 24.8 Å². The molecule has 31 heavy (non-hydrogen) atoms. The van der Waals surface area contributed by atoms with E-state index >= 15 is 0 Å². The Kier molecular flexibility index (Phi) is 7.78. The number of nitrogens with two attached hydrogens (primary N) is 1. The number of nitrogen functional groups attached to an aromatic ring is 1. The largest absolute Gasteiger partial charge is 0.399 e. The van der Waals surface area contributed by atoms with Crippen LogP contribution in [-0.4, -0.2) is 20.7 Å². The van der Waals surface area contributed by atoms with Crippen molar-refractivity contribution in [1.82, 2.24) is 20.1 Å². The zero-order valence-electron chi connectivity index (χ0n) is 17.9. The number of fused-ring (bicyclic) bond motifs is 2. The van der Waals surface area contributed by atoms with Crippen LogP contribution in [0.4, 0.5) is 5.69 Å². The van der Waals surface area contributed by atoms with Crippen molar-refractivity contribution in [3.8, 4) is 0 Å². The van der Waals surface area contributed by atoms with Crippen molar-refractivity contribution < 1.29 is 4.79 Å². The number of hydrogen-bond donors (Lipinski definition) is 3. The van der Waals surface area contributed by atoms with Crippen LogP contribution in [0.3, 0.4) is 0 Å². The summed E-state index contributed by atoms with van der Waals surface area (Å²) >= 11 is 0. The molecule has 2 heterocycles. The number of carbonyl (C=O) groups excluding carboxylic acids is 1. The number of nitrogens with zero attached hydrogens (tertiary/aromatic N) is 2. The van der Waals surface area contributed by atoms with Gasteiger partial charge in [0.1, 0.15) is 0 Å². The minimum absolute atomic E-state index is 0. The Hall–Kier alpha value is -2.51. The molecular formula is C22H29Cl2N5O2. The first kappa shape index (κ1) is 24.8. The quantitative estimate of drug-likeness (QED) is 0.513. The molecule has 4 rings (SSSR count). The summed E-state index contributed by atoms with van der Waals surface area (Å²) in [6.45, 7) is 3.86. The molecule has 1 unspecified atom stereocenters. The molecule has 1 amide bonds. The average Bonchev–Trinajstić information content (AvgIpc) is 2.95. The summed E-state index contributed by atoms with van der Waals surface area (Å²) < 4.78 is 1.64. The fourth-order valence-electron chi connectivity index (χ4n) is 4.51. The highest BCUT2D eigenvalue weighted by Gasteiger charge is 2.22. The lowest BCUT2D eigenvalue weighted by molar-refractivity contribution is -0.121. The third-order valence-electron chi connectivity index (χ3n) is 5.99. The molecule has 0 fully saturated rings. The molecule has 3 aromatic rings. The van der Waals surface area contributed by atoms with Gasteiger partial charge in [-0.05, 0) is 73.9 Å². The second-order valence-electron chi connectivity index (χ2n) is 7.97. The minimum atomic E-state index is -0.142. The number of aromatic amines is 1. The van der Waals surface area contributed by atoms with Crippen molar-refractivity contribution in [1.29, 1.82) is 0 Å². The molecule has 0 spiro atoms. The third-order valence-corrected chi connectivity index (χ3v) is 5.99. The van der Waals surface area contributed by atoms with Crippen LogP contribution in [0.25, 0.3) is 11.0 Å². The molecule has 0 saturated carbocycles. The Morgan fingerprint density at radius 3 is 2.81 bits per heavy atom. The van der Waals surface area contributed by atoms with Crippen LogP contribution < -0.4 is 16.6 Å². The highest BCUT2D eigenvalue weighted by atomic mass is 35.5. The molecule has 0 aliphatic heterocycles. The van der Waals surface area contributed by atoms with Crippen molar-refractivity contribution in [2.75, 3.05) is 5.73 Å². The molecule has 168 valence electrons. The van der Waals surface area contributed by atoms with Crippen molar-refractivity contribution >= 4 is 47.4 Å². The van der Waals surface area contributed by atoms with Gasteiger partial charge in [0.15, 0.2) is 5.65 Å². The fraction of sp³-hybridized carbons (Fsp3) is 0.409. The van der Waals surface area contributed by atoms with E-state index < -0.39 is 0 Å². The SMILES string of the molecule is Cc1nc2c(c(C)c1CCC(=O)NC1CCCc3cc(N)ccc31)c(=O)[nH]n2C.Cl.Cl. The summed E-state index contributed by atoms with van der Waals surface area (Å²) in [5.41, 5.74) is 12.3. The number of halogens is 2. The lowest BCUT2D eigenvalue weighted by atomic mass is 9.87. The maximum absolute atomic E-state index is 12.7. The van der Waals surface area contributed by atoms with E-state index in [9.17, 15) is 9.59 Å². The average molecular weight is 466 g/mol. The predicted octanol–water partition coefficient (Wildman–Crippen LogP) is 3.43. The zero-order chi connectivity index (χ0) is 20.7. The maximum atomic E-state index is 12.7. The van der Waals surface area contributed by atoms with Crippen LogP contribution in [0.15, 0.2) is 23.0 Å². The van der Waals surface area contributed by atoms with Gasteiger partial charge in [-0.3, -0.25) is 19.4 Å². The van der Waals surface area contributed by atoms with Gasteiger partial charge in [-0.1, -0.05) is 6.07 Å². The van der Waals surface area contributed by atoms with Gasteiger partial charge >= 0.3 is 0 Å². The number of H-pyrrole nitrogens is 1. The molecule has 1 atom stereocenters. The molecule has 9 heteroatoms. The second kappa shape index (κ2) is 9.75. The molecule has 4 N–H and O–H groups in total. The third kappa shape index (κ3) is 4.72. The number of benzene rings is 1. The number of nitrogens with one attached hydrogen (secondary N) is 2. The number of aromatic nitrogens is 3. The molecule has 0 bridgehead atoms. The first-order valence-corrected chi connectivity index (χ1v) is 10.1. The Bertz CT molecular complexity index is 1170. The number of amides is 1. The van der Waals surface area contributed by atoms with Gasteiger partial charge in [0.05, 0.1) is 11.4 Å². The van der Waals surface area contributed by atoms with E-state index in [-0.39, 0.29) is 42.3 Å². The standard InChI is InChI=1S/C22H27N5O2.2ClH/c1-12-16(13(2)24-21-20(12)22(29)26-27(21)3)9-10-19(28)25-18-6-4-5-14-11-15(23)7-8-17(14)18;;/h7-8,11,18H,4-6,9-10,23H2,1-3H3,(H,25,28)(H,26,29);2*1H. The van der Waals surface area contributed by atoms with Crippen LogP contribution in [0.1, 0.15) is 53.3 Å². The zero-order valence-corrected chi connectivity index (χ0v) is 19.6. The number of carbonyl (C=O) groups is 1. The Labute approximate surface area is 193 Å². The van der Waals surface area contributed by atoms with Crippen molar-refractivity contribution in [3.05, 3.63) is 56.5 Å². The van der Waals surface area contributed by atoms with Crippen LogP contribution in [0, 0.1) is 13.8 Å². The van der Waals surface area contributed by atoms with Crippen molar-refractivity contribution in [2.45, 2.75) is 52.0 Å². The van der Waals surface area contributed by atoms with Gasteiger partial charge in [-0.15, -0.1) is 24.8 Å². The predicted molar refractivity (Wildman–Crippen MR) is 128 cm³/mol. The normalized spacial score (nSPS) is 15.0. The summed E-state index contributed by atoms with van der Waals surface area (Å²) in [4.78, 5) is 29.5. The van der Waals surface area contributed by atoms with Gasteiger partial charge < -0.3 is 11.1 Å². The summed E-state index contributed by atoms with van der Waals surface area (Å²) in [6, 6.07) is 5.97. The first-order valence-electron chi connectivity index (χ1n) is 10.1. The Morgan fingerprint density at radius 2 is 2.06 bits per heavy atom. The van der Waals surface area contributed by atoms with Crippen LogP contribution >= 0.6 is 24.8 Å². The monoisotopic (exact) mass is 465 g/mol. The summed E-state index contributed by atoms with van der Waals surface area (Å²) in [7, 11) is 1.78. The van der Waals surface area contributed by atoms with E-state index in [2.05, 4.69) is 15.4 Å². The summed E-state index contributed by atoms with van der Waals surface area (Å²) in [5.74, 6) is 0.0144. The van der Waals surface area contributed by atoms with Gasteiger partial charge in [-0.2, -0.15) is 0 Å². The molecule has 0 radical (unpaired) electrons. The first-order chi connectivity index (χ1) is 13.8. The Morgan fingerprint density at radius 1 is 1.32 bits per heavy atom. The van der Waals surface area contributed by atoms with Gasteiger partial charge in [0.25, 0.3) is 5.56 Å². The molecule has 1 aliphatic carbocycles. The summed E-state index contributed by atoms with van der Waals surface area (Å²) in [5, 5.41) is 6.54. The lowest BCUT2D eigenvalue weighted by Crippen LogP contribution is -2.31.